The van der Waals surface area contributed by atoms with Crippen LogP contribution in [0.4, 0.5) is 5.69 Å². The summed E-state index contributed by atoms with van der Waals surface area (Å²) in [6, 6.07) is 5.68. The third-order valence-corrected chi connectivity index (χ3v) is 5.68. The molecule has 1 atom stereocenters. The smallest absolute Gasteiger partial charge is 0.264 e. The summed E-state index contributed by atoms with van der Waals surface area (Å²) in [5.41, 5.74) is 6.64. The highest BCUT2D eigenvalue weighted by molar-refractivity contribution is 9.10. The first-order valence-corrected chi connectivity index (χ1v) is 8.73. The van der Waals surface area contributed by atoms with E-state index >= 15 is 0 Å². The highest BCUT2D eigenvalue weighted by atomic mass is 79.9. The summed E-state index contributed by atoms with van der Waals surface area (Å²) in [6.07, 6.45) is 1.73. The van der Waals surface area contributed by atoms with Crippen molar-refractivity contribution in [1.82, 2.24) is 10.3 Å². The maximum Gasteiger partial charge on any atom is 0.264 e. The van der Waals surface area contributed by atoms with Crippen LogP contribution in [0.5, 0.6) is 0 Å². The van der Waals surface area contributed by atoms with Crippen molar-refractivity contribution >= 4 is 60.3 Å². The average Bonchev–Trinajstić information content (AvgIpc) is 3.07. The standard InChI is InChI=1S/C14H12BrN3OS2/c1-7(14-17-4-5-20-14)18-13(19)12-11(16)9-3-2-8(15)6-10(9)21-12/h2-7H,16H2,1H3,(H,18,19). The second-order valence-corrected chi connectivity index (χ2v) is 7.44. The number of hydrogen-bond donors (Lipinski definition) is 2. The van der Waals surface area contributed by atoms with Gasteiger partial charge in [-0.05, 0) is 19.1 Å². The van der Waals surface area contributed by atoms with Crippen LogP contribution >= 0.6 is 38.6 Å². The van der Waals surface area contributed by atoms with Crippen LogP contribution in [-0.2, 0) is 0 Å². The van der Waals surface area contributed by atoms with Crippen molar-refractivity contribution in [3.05, 3.63) is 44.1 Å². The van der Waals surface area contributed by atoms with Crippen molar-refractivity contribution in [3.63, 3.8) is 0 Å². The molecule has 0 saturated heterocycles. The Morgan fingerprint density at radius 2 is 2.29 bits per heavy atom. The highest BCUT2D eigenvalue weighted by Crippen LogP contribution is 2.35. The first-order valence-electron chi connectivity index (χ1n) is 6.24. The molecule has 0 saturated carbocycles. The lowest BCUT2D eigenvalue weighted by Crippen LogP contribution is -2.26. The number of nitrogens with two attached hydrogens (primary N) is 1. The Balaban J connectivity index is 1.89. The molecule has 0 aliphatic heterocycles. The maximum absolute atomic E-state index is 12.4. The zero-order valence-electron chi connectivity index (χ0n) is 11.1. The van der Waals surface area contributed by atoms with Crippen LogP contribution in [0.1, 0.15) is 27.6 Å². The molecule has 3 N–H and O–H groups in total. The van der Waals surface area contributed by atoms with Gasteiger partial charge in [0.25, 0.3) is 5.91 Å². The van der Waals surface area contributed by atoms with Crippen LogP contribution in [0.2, 0.25) is 0 Å². The molecule has 1 aromatic carbocycles. The average molecular weight is 382 g/mol. The summed E-state index contributed by atoms with van der Waals surface area (Å²) < 4.78 is 1.97. The van der Waals surface area contributed by atoms with E-state index in [0.717, 1.165) is 19.6 Å². The first kappa shape index (κ1) is 14.5. The number of rotatable bonds is 3. The van der Waals surface area contributed by atoms with Gasteiger partial charge in [-0.25, -0.2) is 4.98 Å². The number of thiazole rings is 1. The second-order valence-electron chi connectivity index (χ2n) is 4.55. The quantitative estimate of drug-likeness (QED) is 0.714. The lowest BCUT2D eigenvalue weighted by atomic mass is 10.2. The molecule has 0 aliphatic rings. The Morgan fingerprint density at radius 3 is 3.00 bits per heavy atom. The number of anilines is 1. The number of thiophene rings is 1. The molecule has 0 fully saturated rings. The zero-order chi connectivity index (χ0) is 15.0. The van der Waals surface area contributed by atoms with E-state index in [4.69, 9.17) is 5.73 Å². The van der Waals surface area contributed by atoms with Crippen LogP contribution in [0.3, 0.4) is 0 Å². The Hall–Kier alpha value is -1.44. The minimum Gasteiger partial charge on any atom is -0.397 e. The number of nitrogens with one attached hydrogen (secondary N) is 1. The molecule has 0 bridgehead atoms. The third kappa shape index (κ3) is 2.81. The van der Waals surface area contributed by atoms with Gasteiger partial charge in [0.15, 0.2) is 0 Å². The first-order chi connectivity index (χ1) is 10.1. The van der Waals surface area contributed by atoms with Crippen LogP contribution in [-0.4, -0.2) is 10.9 Å². The minimum atomic E-state index is -0.160. The van der Waals surface area contributed by atoms with E-state index in [1.54, 1.807) is 6.20 Å². The molecule has 0 radical (unpaired) electrons. The third-order valence-electron chi connectivity index (χ3n) is 3.07. The molecule has 21 heavy (non-hydrogen) atoms. The molecule has 2 aromatic heterocycles. The molecule has 4 nitrogen and oxygen atoms in total. The van der Waals surface area contributed by atoms with Crippen molar-refractivity contribution in [1.29, 1.82) is 0 Å². The van der Waals surface area contributed by atoms with Gasteiger partial charge in [-0.1, -0.05) is 22.0 Å². The lowest BCUT2D eigenvalue weighted by Gasteiger charge is -2.10. The van der Waals surface area contributed by atoms with Gasteiger partial charge in [0, 0.05) is 26.1 Å². The Kier molecular flexibility index (Phi) is 3.97. The van der Waals surface area contributed by atoms with Gasteiger partial charge < -0.3 is 11.1 Å². The normalized spacial score (nSPS) is 12.5. The number of hydrogen-bond acceptors (Lipinski definition) is 5. The van der Waals surface area contributed by atoms with Crippen LogP contribution in [0, 0.1) is 0 Å². The van der Waals surface area contributed by atoms with Gasteiger partial charge >= 0.3 is 0 Å². The van der Waals surface area contributed by atoms with Gasteiger partial charge in [0.05, 0.1) is 11.7 Å². The monoisotopic (exact) mass is 381 g/mol. The summed E-state index contributed by atoms with van der Waals surface area (Å²) in [5.74, 6) is -0.160. The molecule has 3 aromatic rings. The number of aromatic nitrogens is 1. The Labute approximate surface area is 138 Å². The van der Waals surface area contributed by atoms with Crippen molar-refractivity contribution in [2.75, 3.05) is 5.73 Å². The molecule has 1 unspecified atom stereocenters. The van der Waals surface area contributed by atoms with E-state index in [0.29, 0.717) is 10.6 Å². The van der Waals surface area contributed by atoms with Crippen molar-refractivity contribution in [2.24, 2.45) is 0 Å². The van der Waals surface area contributed by atoms with Crippen LogP contribution < -0.4 is 11.1 Å². The number of carbonyl (C=O) groups excluding carboxylic acids is 1. The molecule has 1 amide bonds. The van der Waals surface area contributed by atoms with Crippen LogP contribution in [0.25, 0.3) is 10.1 Å². The van der Waals surface area contributed by atoms with E-state index in [9.17, 15) is 4.79 Å². The van der Waals surface area contributed by atoms with E-state index < -0.39 is 0 Å². The molecule has 2 heterocycles. The Morgan fingerprint density at radius 1 is 1.48 bits per heavy atom. The van der Waals surface area contributed by atoms with E-state index in [1.165, 1.54) is 22.7 Å². The number of halogens is 1. The van der Waals surface area contributed by atoms with Crippen molar-refractivity contribution in [3.8, 4) is 0 Å². The number of nitrogens with zero attached hydrogens (tertiary/aromatic N) is 1. The summed E-state index contributed by atoms with van der Waals surface area (Å²) in [5, 5.41) is 6.63. The van der Waals surface area contributed by atoms with Crippen molar-refractivity contribution < 1.29 is 4.79 Å². The fourth-order valence-electron chi connectivity index (χ4n) is 2.03. The Bertz CT molecular complexity index is 798. The zero-order valence-corrected chi connectivity index (χ0v) is 14.3. The second kappa shape index (κ2) is 5.75. The van der Waals surface area contributed by atoms with Gasteiger partial charge in [-0.2, -0.15) is 0 Å². The number of nitrogen functional groups attached to an aromatic ring is 1. The van der Waals surface area contributed by atoms with E-state index in [1.807, 2.05) is 30.5 Å². The van der Waals surface area contributed by atoms with Gasteiger partial charge in [-0.15, -0.1) is 22.7 Å². The molecule has 0 aliphatic carbocycles. The van der Waals surface area contributed by atoms with Gasteiger partial charge in [0.2, 0.25) is 0 Å². The molecular weight excluding hydrogens is 370 g/mol. The SMILES string of the molecule is CC(NC(=O)c1sc2cc(Br)ccc2c1N)c1nccs1. The summed E-state index contributed by atoms with van der Waals surface area (Å²) >= 11 is 6.35. The lowest BCUT2D eigenvalue weighted by molar-refractivity contribution is 0.0945. The summed E-state index contributed by atoms with van der Waals surface area (Å²) in [4.78, 5) is 17.2. The number of carbonyl (C=O) groups is 1. The molecule has 3 rings (SSSR count). The predicted molar refractivity (Wildman–Crippen MR) is 91.9 cm³/mol. The summed E-state index contributed by atoms with van der Waals surface area (Å²) in [7, 11) is 0. The number of benzene rings is 1. The highest BCUT2D eigenvalue weighted by Gasteiger charge is 2.19. The molecular formula is C14H12BrN3OS2. The molecule has 7 heteroatoms. The minimum absolute atomic E-state index is 0.131. The number of fused-ring (bicyclic) bond motifs is 1. The number of amides is 1. The van der Waals surface area contributed by atoms with E-state index in [-0.39, 0.29) is 11.9 Å². The van der Waals surface area contributed by atoms with Crippen LogP contribution in [0.15, 0.2) is 34.2 Å². The van der Waals surface area contributed by atoms with Crippen molar-refractivity contribution in [2.45, 2.75) is 13.0 Å². The maximum atomic E-state index is 12.4. The predicted octanol–water partition coefficient (Wildman–Crippen LogP) is 4.19. The van der Waals surface area contributed by atoms with Gasteiger partial charge in [0.1, 0.15) is 9.88 Å². The molecule has 108 valence electrons. The van der Waals surface area contributed by atoms with E-state index in [2.05, 4.69) is 26.2 Å². The van der Waals surface area contributed by atoms with Gasteiger partial charge in [-0.3, -0.25) is 4.79 Å². The molecule has 0 spiro atoms. The fraction of sp³-hybridized carbons (Fsp3) is 0.143. The fourth-order valence-corrected chi connectivity index (χ4v) is 4.26. The topological polar surface area (TPSA) is 68.0 Å². The summed E-state index contributed by atoms with van der Waals surface area (Å²) in [6.45, 7) is 1.91. The largest absolute Gasteiger partial charge is 0.397 e.